The van der Waals surface area contributed by atoms with Gasteiger partial charge >= 0.3 is 0 Å². The number of benzene rings is 1. The van der Waals surface area contributed by atoms with Gasteiger partial charge in [-0.25, -0.2) is 0 Å². The van der Waals surface area contributed by atoms with E-state index in [2.05, 4.69) is 51.3 Å². The van der Waals surface area contributed by atoms with Gasteiger partial charge in [0.15, 0.2) is 5.96 Å². The quantitative estimate of drug-likeness (QED) is 0.365. The van der Waals surface area contributed by atoms with Crippen LogP contribution in [0, 0.1) is 5.92 Å². The topological polar surface area (TPSA) is 40.1 Å². The van der Waals surface area contributed by atoms with Crippen LogP contribution in [0.2, 0.25) is 0 Å². The standard InChI is InChI=1S/C21H34N4O.HI/c1-3-24-12-7-10-20(24)14-23-21(22-2)25-13-11-19(15-25)17-26-16-18-8-5-4-6-9-18;/h4-6,8-9,19-20H,3,7,10-17H2,1-2H3,(H,22,23);1H. The Kier molecular flexibility index (Phi) is 9.86. The van der Waals surface area contributed by atoms with Crippen molar-refractivity contribution in [2.75, 3.05) is 46.4 Å². The van der Waals surface area contributed by atoms with Crippen molar-refractivity contribution >= 4 is 29.9 Å². The molecular weight excluding hydrogens is 451 g/mol. The lowest BCUT2D eigenvalue weighted by Crippen LogP contribution is -2.46. The van der Waals surface area contributed by atoms with E-state index < -0.39 is 0 Å². The van der Waals surface area contributed by atoms with Crippen LogP contribution in [0.1, 0.15) is 31.7 Å². The summed E-state index contributed by atoms with van der Waals surface area (Å²) < 4.78 is 5.94. The molecule has 5 nitrogen and oxygen atoms in total. The van der Waals surface area contributed by atoms with Crippen LogP contribution in [0.3, 0.4) is 0 Å². The van der Waals surface area contributed by atoms with Crippen LogP contribution in [0.5, 0.6) is 0 Å². The van der Waals surface area contributed by atoms with Gasteiger partial charge in [-0.3, -0.25) is 9.89 Å². The van der Waals surface area contributed by atoms with Gasteiger partial charge in [0.05, 0.1) is 13.2 Å². The number of ether oxygens (including phenoxy) is 1. The number of halogens is 1. The molecule has 1 aromatic carbocycles. The highest BCUT2D eigenvalue weighted by Crippen LogP contribution is 2.18. The monoisotopic (exact) mass is 486 g/mol. The molecule has 2 saturated heterocycles. The molecule has 1 N–H and O–H groups in total. The van der Waals surface area contributed by atoms with Crippen molar-refractivity contribution in [3.8, 4) is 0 Å². The first-order chi connectivity index (χ1) is 12.8. The molecule has 2 fully saturated rings. The highest BCUT2D eigenvalue weighted by molar-refractivity contribution is 14.0. The summed E-state index contributed by atoms with van der Waals surface area (Å²) in [6, 6.07) is 11.1. The number of nitrogens with one attached hydrogen (secondary N) is 1. The maximum absolute atomic E-state index is 5.94. The highest BCUT2D eigenvalue weighted by Gasteiger charge is 2.27. The van der Waals surface area contributed by atoms with Crippen molar-refractivity contribution in [2.45, 2.75) is 38.8 Å². The van der Waals surface area contributed by atoms with E-state index in [0.717, 1.165) is 38.7 Å². The van der Waals surface area contributed by atoms with E-state index in [9.17, 15) is 0 Å². The molecule has 0 amide bonds. The zero-order chi connectivity index (χ0) is 18.2. The van der Waals surface area contributed by atoms with Crippen LogP contribution in [-0.4, -0.2) is 68.2 Å². The predicted octanol–water partition coefficient (Wildman–Crippen LogP) is 3.20. The summed E-state index contributed by atoms with van der Waals surface area (Å²) in [5.41, 5.74) is 1.25. The number of likely N-dealkylation sites (N-methyl/N-ethyl adjacent to an activating group) is 1. The number of nitrogens with zero attached hydrogens (tertiary/aromatic N) is 3. The lowest BCUT2D eigenvalue weighted by molar-refractivity contribution is 0.0906. The Bertz CT molecular complexity index is 569. The lowest BCUT2D eigenvalue weighted by atomic mass is 10.1. The van der Waals surface area contributed by atoms with Crippen LogP contribution in [0.15, 0.2) is 35.3 Å². The van der Waals surface area contributed by atoms with E-state index in [1.54, 1.807) is 0 Å². The Morgan fingerprint density at radius 1 is 1.22 bits per heavy atom. The number of guanidine groups is 1. The van der Waals surface area contributed by atoms with Crippen LogP contribution in [-0.2, 0) is 11.3 Å². The van der Waals surface area contributed by atoms with Crippen LogP contribution in [0.25, 0.3) is 0 Å². The molecule has 6 heteroatoms. The van der Waals surface area contributed by atoms with Crippen LogP contribution in [0.4, 0.5) is 0 Å². The number of likely N-dealkylation sites (tertiary alicyclic amines) is 2. The Labute approximate surface area is 181 Å². The largest absolute Gasteiger partial charge is 0.376 e. The van der Waals surface area contributed by atoms with E-state index in [1.807, 2.05) is 13.1 Å². The molecule has 0 bridgehead atoms. The average molecular weight is 486 g/mol. The molecule has 2 aliphatic heterocycles. The minimum Gasteiger partial charge on any atom is -0.376 e. The number of aliphatic imine (C=N–C) groups is 1. The Hall–Kier alpha value is -0.860. The Balaban J connectivity index is 0.00000261. The Morgan fingerprint density at radius 3 is 2.78 bits per heavy atom. The first-order valence-electron chi connectivity index (χ1n) is 10.1. The molecule has 0 radical (unpaired) electrons. The summed E-state index contributed by atoms with van der Waals surface area (Å²) >= 11 is 0. The Morgan fingerprint density at radius 2 is 2.04 bits per heavy atom. The van der Waals surface area contributed by atoms with Crippen molar-refractivity contribution in [3.05, 3.63) is 35.9 Å². The highest BCUT2D eigenvalue weighted by atomic mass is 127. The molecule has 0 saturated carbocycles. The minimum atomic E-state index is 0. The summed E-state index contributed by atoms with van der Waals surface area (Å²) in [6.07, 6.45) is 3.80. The summed E-state index contributed by atoms with van der Waals surface area (Å²) in [5.74, 6) is 1.65. The van der Waals surface area contributed by atoms with Crippen molar-refractivity contribution in [1.29, 1.82) is 0 Å². The van der Waals surface area contributed by atoms with Crippen molar-refractivity contribution in [1.82, 2.24) is 15.1 Å². The normalized spacial score (nSPS) is 23.5. The molecule has 0 spiro atoms. The van der Waals surface area contributed by atoms with Gasteiger partial charge < -0.3 is 15.0 Å². The minimum absolute atomic E-state index is 0. The molecule has 152 valence electrons. The van der Waals surface area contributed by atoms with Gasteiger partial charge in [-0.1, -0.05) is 37.3 Å². The second-order valence-corrected chi connectivity index (χ2v) is 7.45. The third kappa shape index (κ3) is 6.61. The second-order valence-electron chi connectivity index (χ2n) is 7.45. The summed E-state index contributed by atoms with van der Waals surface area (Å²) in [4.78, 5) is 9.48. The SMILES string of the molecule is CCN1CCCC1CNC(=NC)N1CCC(COCc2ccccc2)C1.I. The van der Waals surface area contributed by atoms with Gasteiger partial charge in [-0.05, 0) is 37.9 Å². The summed E-state index contributed by atoms with van der Waals surface area (Å²) in [5, 5.41) is 3.61. The molecule has 2 heterocycles. The molecule has 0 aliphatic carbocycles. The van der Waals surface area contributed by atoms with Crippen molar-refractivity contribution in [2.24, 2.45) is 10.9 Å². The van der Waals surface area contributed by atoms with Crippen LogP contribution < -0.4 is 5.32 Å². The zero-order valence-corrected chi connectivity index (χ0v) is 19.1. The van der Waals surface area contributed by atoms with Gasteiger partial charge in [-0.15, -0.1) is 24.0 Å². The third-order valence-electron chi connectivity index (χ3n) is 5.66. The fraction of sp³-hybridized carbons (Fsp3) is 0.667. The van der Waals surface area contributed by atoms with E-state index in [1.165, 1.54) is 31.4 Å². The van der Waals surface area contributed by atoms with Gasteiger partial charge in [0, 0.05) is 38.6 Å². The summed E-state index contributed by atoms with van der Waals surface area (Å²) in [6.45, 7) is 9.30. The van der Waals surface area contributed by atoms with Crippen molar-refractivity contribution in [3.63, 3.8) is 0 Å². The maximum Gasteiger partial charge on any atom is 0.193 e. The van der Waals surface area contributed by atoms with Gasteiger partial charge in [0.1, 0.15) is 0 Å². The smallest absolute Gasteiger partial charge is 0.193 e. The fourth-order valence-corrected chi connectivity index (χ4v) is 4.16. The number of hydrogen-bond donors (Lipinski definition) is 1. The first kappa shape index (κ1) is 22.4. The lowest BCUT2D eigenvalue weighted by Gasteiger charge is -2.27. The molecule has 2 atom stereocenters. The van der Waals surface area contributed by atoms with E-state index in [0.29, 0.717) is 18.6 Å². The number of rotatable bonds is 7. The summed E-state index contributed by atoms with van der Waals surface area (Å²) in [7, 11) is 1.90. The van der Waals surface area contributed by atoms with Gasteiger partial charge in [-0.2, -0.15) is 0 Å². The zero-order valence-electron chi connectivity index (χ0n) is 16.8. The molecule has 1 aromatic rings. The average Bonchev–Trinajstić information content (AvgIpc) is 3.33. The van der Waals surface area contributed by atoms with E-state index in [4.69, 9.17) is 4.74 Å². The van der Waals surface area contributed by atoms with E-state index in [-0.39, 0.29) is 24.0 Å². The molecule has 2 unspecified atom stereocenters. The maximum atomic E-state index is 5.94. The molecule has 3 rings (SSSR count). The van der Waals surface area contributed by atoms with Gasteiger partial charge in [0.25, 0.3) is 0 Å². The predicted molar refractivity (Wildman–Crippen MR) is 123 cm³/mol. The number of hydrogen-bond acceptors (Lipinski definition) is 3. The van der Waals surface area contributed by atoms with Gasteiger partial charge in [0.2, 0.25) is 0 Å². The molecule has 27 heavy (non-hydrogen) atoms. The van der Waals surface area contributed by atoms with E-state index >= 15 is 0 Å². The molecule has 0 aromatic heterocycles. The fourth-order valence-electron chi connectivity index (χ4n) is 4.16. The van der Waals surface area contributed by atoms with Crippen LogP contribution >= 0.6 is 24.0 Å². The van der Waals surface area contributed by atoms with Crippen molar-refractivity contribution < 1.29 is 4.74 Å². The molecular formula is C21H35IN4O. The first-order valence-corrected chi connectivity index (χ1v) is 10.1. The second kappa shape index (κ2) is 11.9. The molecule has 2 aliphatic rings. The third-order valence-corrected chi connectivity index (χ3v) is 5.66.